The van der Waals surface area contributed by atoms with Gasteiger partial charge in [0.25, 0.3) is 0 Å². The summed E-state index contributed by atoms with van der Waals surface area (Å²) in [4.78, 5) is 23.7. The molecular weight excluding hydrogens is 256 g/mol. The van der Waals surface area contributed by atoms with Crippen LogP contribution in [0.15, 0.2) is 29.2 Å². The minimum atomic E-state index is -0.294. The van der Waals surface area contributed by atoms with E-state index in [4.69, 9.17) is 0 Å². The molecular formula is C14H20N4O2. The van der Waals surface area contributed by atoms with E-state index in [1.807, 2.05) is 0 Å². The molecule has 0 saturated heterocycles. The highest BCUT2D eigenvalue weighted by atomic mass is 16.2. The van der Waals surface area contributed by atoms with E-state index in [0.717, 1.165) is 12.8 Å². The number of fused-ring (bicyclic) bond motifs is 1. The predicted octanol–water partition coefficient (Wildman–Crippen LogP) is 1.05. The van der Waals surface area contributed by atoms with Crippen LogP contribution in [0.5, 0.6) is 0 Å². The fourth-order valence-corrected chi connectivity index (χ4v) is 2.00. The molecule has 0 radical (unpaired) electrons. The van der Waals surface area contributed by atoms with Gasteiger partial charge in [-0.2, -0.15) is 0 Å². The van der Waals surface area contributed by atoms with Crippen LogP contribution in [0.1, 0.15) is 26.7 Å². The molecule has 6 nitrogen and oxygen atoms in total. The molecule has 0 aliphatic heterocycles. The molecule has 20 heavy (non-hydrogen) atoms. The number of hydrogen-bond acceptors (Lipinski definition) is 3. The number of carbonyl (C=O) groups is 1. The molecule has 108 valence electrons. The van der Waals surface area contributed by atoms with Crippen LogP contribution in [0.4, 0.5) is 0 Å². The van der Waals surface area contributed by atoms with Crippen LogP contribution in [0, 0.1) is 5.92 Å². The van der Waals surface area contributed by atoms with Gasteiger partial charge in [0.1, 0.15) is 6.54 Å². The Labute approximate surface area is 117 Å². The third-order valence-electron chi connectivity index (χ3n) is 3.06. The van der Waals surface area contributed by atoms with Crippen molar-refractivity contribution in [3.63, 3.8) is 0 Å². The minimum absolute atomic E-state index is 0.0395. The highest BCUT2D eigenvalue weighted by Crippen LogP contribution is 2.01. The number of hydrogen-bond donors (Lipinski definition) is 1. The van der Waals surface area contributed by atoms with Gasteiger partial charge in [-0.05, 0) is 30.9 Å². The van der Waals surface area contributed by atoms with E-state index in [1.165, 1.54) is 9.08 Å². The number of carbonyl (C=O) groups excluding carboxylic acids is 1. The van der Waals surface area contributed by atoms with Crippen LogP contribution >= 0.6 is 0 Å². The molecule has 0 atom stereocenters. The van der Waals surface area contributed by atoms with E-state index in [-0.39, 0.29) is 18.1 Å². The Kier molecular flexibility index (Phi) is 4.55. The van der Waals surface area contributed by atoms with Crippen molar-refractivity contribution in [2.24, 2.45) is 5.92 Å². The van der Waals surface area contributed by atoms with Crippen LogP contribution < -0.4 is 11.0 Å². The summed E-state index contributed by atoms with van der Waals surface area (Å²) in [5.74, 6) is 0.451. The van der Waals surface area contributed by atoms with Crippen LogP contribution in [0.2, 0.25) is 0 Å². The van der Waals surface area contributed by atoms with Gasteiger partial charge in [0.2, 0.25) is 5.91 Å². The Morgan fingerprint density at radius 2 is 2.20 bits per heavy atom. The van der Waals surface area contributed by atoms with Gasteiger partial charge in [0.05, 0.1) is 0 Å². The Bertz CT molecular complexity index is 642. The highest BCUT2D eigenvalue weighted by Gasteiger charge is 2.09. The molecule has 0 aromatic carbocycles. The summed E-state index contributed by atoms with van der Waals surface area (Å²) >= 11 is 0. The largest absolute Gasteiger partial charge is 0.354 e. The molecule has 0 spiro atoms. The monoisotopic (exact) mass is 276 g/mol. The van der Waals surface area contributed by atoms with Gasteiger partial charge in [0, 0.05) is 12.7 Å². The first-order chi connectivity index (χ1) is 9.58. The molecule has 0 fully saturated rings. The molecule has 1 amide bonds. The number of nitrogens with zero attached hydrogens (tertiary/aromatic N) is 3. The highest BCUT2D eigenvalue weighted by molar-refractivity contribution is 5.75. The Morgan fingerprint density at radius 1 is 1.40 bits per heavy atom. The van der Waals surface area contributed by atoms with E-state index < -0.39 is 0 Å². The quantitative estimate of drug-likeness (QED) is 0.802. The second-order valence-electron chi connectivity index (χ2n) is 5.26. The average molecular weight is 276 g/mol. The molecule has 2 aromatic heterocycles. The SMILES string of the molecule is CC(C)CCCNC(=O)Cn1nc2ccccn2c1=O. The summed E-state index contributed by atoms with van der Waals surface area (Å²) in [7, 11) is 0. The smallest absolute Gasteiger partial charge is 0.350 e. The zero-order valence-corrected chi connectivity index (χ0v) is 11.9. The molecule has 0 unspecified atom stereocenters. The van der Waals surface area contributed by atoms with Crippen LogP contribution in [0.3, 0.4) is 0 Å². The summed E-state index contributed by atoms with van der Waals surface area (Å²) in [5.41, 5.74) is 0.253. The van der Waals surface area contributed by atoms with Crippen LogP contribution in [-0.4, -0.2) is 26.6 Å². The molecule has 2 aromatic rings. The maximum atomic E-state index is 12.0. The molecule has 2 rings (SSSR count). The minimum Gasteiger partial charge on any atom is -0.354 e. The molecule has 0 aliphatic carbocycles. The van der Waals surface area contributed by atoms with Gasteiger partial charge < -0.3 is 5.32 Å². The van der Waals surface area contributed by atoms with E-state index >= 15 is 0 Å². The summed E-state index contributed by atoms with van der Waals surface area (Å²) in [6.45, 7) is 4.90. The first kappa shape index (κ1) is 14.3. The van der Waals surface area contributed by atoms with E-state index in [9.17, 15) is 9.59 Å². The van der Waals surface area contributed by atoms with E-state index in [1.54, 1.807) is 24.4 Å². The van der Waals surface area contributed by atoms with Crippen molar-refractivity contribution in [2.75, 3.05) is 6.54 Å². The molecule has 0 bridgehead atoms. The summed E-state index contributed by atoms with van der Waals surface area (Å²) in [5, 5.41) is 6.93. The van der Waals surface area contributed by atoms with Crippen molar-refractivity contribution < 1.29 is 4.79 Å². The van der Waals surface area contributed by atoms with E-state index in [2.05, 4.69) is 24.3 Å². The van der Waals surface area contributed by atoms with Crippen molar-refractivity contribution >= 4 is 11.6 Å². The predicted molar refractivity (Wildman–Crippen MR) is 76.5 cm³/mol. The van der Waals surface area contributed by atoms with E-state index in [0.29, 0.717) is 18.1 Å². The topological polar surface area (TPSA) is 68.4 Å². The molecule has 1 N–H and O–H groups in total. The van der Waals surface area contributed by atoms with Crippen molar-refractivity contribution in [2.45, 2.75) is 33.2 Å². The molecule has 6 heteroatoms. The average Bonchev–Trinajstić information content (AvgIpc) is 2.72. The van der Waals surface area contributed by atoms with Crippen molar-refractivity contribution in [3.05, 3.63) is 34.9 Å². The lowest BCUT2D eigenvalue weighted by atomic mass is 10.1. The third-order valence-corrected chi connectivity index (χ3v) is 3.06. The summed E-state index contributed by atoms with van der Waals surface area (Å²) < 4.78 is 2.61. The lowest BCUT2D eigenvalue weighted by Gasteiger charge is -2.06. The third kappa shape index (κ3) is 3.46. The Hall–Kier alpha value is -2.11. The first-order valence-electron chi connectivity index (χ1n) is 6.89. The molecule has 2 heterocycles. The first-order valence-corrected chi connectivity index (χ1v) is 6.89. The van der Waals surface area contributed by atoms with Crippen LogP contribution in [-0.2, 0) is 11.3 Å². The number of pyridine rings is 1. The maximum Gasteiger partial charge on any atom is 0.350 e. The van der Waals surface area contributed by atoms with Crippen molar-refractivity contribution in [1.82, 2.24) is 19.5 Å². The molecule has 0 aliphatic rings. The summed E-state index contributed by atoms with van der Waals surface area (Å²) in [6, 6.07) is 5.29. The second-order valence-corrected chi connectivity index (χ2v) is 5.26. The number of aromatic nitrogens is 3. The zero-order chi connectivity index (χ0) is 14.5. The van der Waals surface area contributed by atoms with Gasteiger partial charge >= 0.3 is 5.69 Å². The Morgan fingerprint density at radius 3 is 2.90 bits per heavy atom. The number of amides is 1. The second kappa shape index (κ2) is 6.36. The standard InChI is InChI=1S/C14H20N4O2/c1-11(2)6-5-8-15-13(19)10-18-14(20)17-9-4-3-7-12(17)16-18/h3-4,7,9,11H,5-6,8,10H2,1-2H3,(H,15,19). The number of nitrogens with one attached hydrogen (secondary N) is 1. The van der Waals surface area contributed by atoms with Crippen LogP contribution in [0.25, 0.3) is 5.65 Å². The Balaban J connectivity index is 1.93. The lowest BCUT2D eigenvalue weighted by molar-refractivity contribution is -0.121. The zero-order valence-electron chi connectivity index (χ0n) is 11.9. The van der Waals surface area contributed by atoms with Gasteiger partial charge in [-0.15, -0.1) is 5.10 Å². The fourth-order valence-electron chi connectivity index (χ4n) is 2.00. The maximum absolute atomic E-state index is 12.0. The lowest BCUT2D eigenvalue weighted by Crippen LogP contribution is -2.33. The number of rotatable bonds is 6. The fraction of sp³-hybridized carbons (Fsp3) is 0.500. The van der Waals surface area contributed by atoms with Gasteiger partial charge in [0.15, 0.2) is 5.65 Å². The normalized spacial score (nSPS) is 11.2. The van der Waals surface area contributed by atoms with Gasteiger partial charge in [-0.25, -0.2) is 9.48 Å². The van der Waals surface area contributed by atoms with Gasteiger partial charge in [-0.3, -0.25) is 9.20 Å². The van der Waals surface area contributed by atoms with Gasteiger partial charge in [-0.1, -0.05) is 19.9 Å². The van der Waals surface area contributed by atoms with Crippen molar-refractivity contribution in [1.29, 1.82) is 0 Å². The summed E-state index contributed by atoms with van der Waals surface area (Å²) in [6.07, 6.45) is 3.67. The molecule has 0 saturated carbocycles. The van der Waals surface area contributed by atoms with Crippen molar-refractivity contribution in [3.8, 4) is 0 Å².